The molecule has 4 aromatic carbocycles. The van der Waals surface area contributed by atoms with Crippen LogP contribution in [-0.2, 0) is 6.42 Å². The van der Waals surface area contributed by atoms with Crippen molar-refractivity contribution in [2.24, 2.45) is 5.10 Å². The van der Waals surface area contributed by atoms with Crippen molar-refractivity contribution in [2.45, 2.75) is 6.42 Å². The molecule has 10 nitrogen and oxygen atoms in total. The zero-order chi connectivity index (χ0) is 33.0. The molecule has 0 aliphatic rings. The maximum Gasteiger partial charge on any atom is 0.172 e. The number of hydrogen-bond donors (Lipinski definition) is 1. The van der Waals surface area contributed by atoms with Crippen LogP contribution in [0.1, 0.15) is 27.0 Å². The van der Waals surface area contributed by atoms with Crippen LogP contribution in [0, 0.1) is 0 Å². The van der Waals surface area contributed by atoms with E-state index in [1.54, 1.807) is 44.7 Å². The van der Waals surface area contributed by atoms with Gasteiger partial charge in [-0.2, -0.15) is 5.10 Å². The number of carbonyl (C=O) groups excluding carboxylic acids is 1. The van der Waals surface area contributed by atoms with Gasteiger partial charge in [-0.25, -0.2) is 0 Å². The van der Waals surface area contributed by atoms with E-state index in [1.165, 1.54) is 7.11 Å². The Labute approximate surface area is 277 Å². The summed E-state index contributed by atoms with van der Waals surface area (Å²) in [4.78, 5) is 11.0. The standard InChI is InChI=1S/C36H33ClN4O6/c1-43-31-7-5-4-6-27(31)20-28-21-30(26-10-12-29(37)13-11-26)39-41-36(28)40-38-22-24-8-14-32(34(18-24)44-2)46-16-17-47-33-15-9-25(23-42)19-35(33)45-3/h4-15,18-19,21-23H,16-17,20H2,1-3H3,(H,40,41)/b38-22+. The molecular weight excluding hydrogens is 620 g/mol. The third-order valence-corrected chi connectivity index (χ3v) is 7.33. The lowest BCUT2D eigenvalue weighted by Crippen LogP contribution is -2.10. The minimum Gasteiger partial charge on any atom is -0.496 e. The van der Waals surface area contributed by atoms with Gasteiger partial charge in [0.05, 0.1) is 33.2 Å². The van der Waals surface area contributed by atoms with E-state index >= 15 is 0 Å². The predicted octanol–water partition coefficient (Wildman–Crippen LogP) is 7.13. The van der Waals surface area contributed by atoms with Gasteiger partial charge in [-0.3, -0.25) is 10.2 Å². The van der Waals surface area contributed by atoms with Gasteiger partial charge in [0.25, 0.3) is 0 Å². The van der Waals surface area contributed by atoms with E-state index < -0.39 is 0 Å². The first kappa shape index (κ1) is 32.8. The quantitative estimate of drug-likeness (QED) is 0.0546. The van der Waals surface area contributed by atoms with Gasteiger partial charge in [-0.05, 0) is 71.8 Å². The number of aldehydes is 1. The summed E-state index contributed by atoms with van der Waals surface area (Å²) in [7, 11) is 4.74. The van der Waals surface area contributed by atoms with Crippen LogP contribution >= 0.6 is 11.6 Å². The summed E-state index contributed by atoms with van der Waals surface area (Å²) in [5.41, 5.74) is 7.81. The van der Waals surface area contributed by atoms with Crippen molar-refractivity contribution in [2.75, 3.05) is 40.0 Å². The van der Waals surface area contributed by atoms with Crippen molar-refractivity contribution in [1.82, 2.24) is 10.2 Å². The summed E-state index contributed by atoms with van der Waals surface area (Å²) in [6.45, 7) is 0.506. The Morgan fingerprint density at radius 3 is 2.00 bits per heavy atom. The number of benzene rings is 4. The zero-order valence-electron chi connectivity index (χ0n) is 26.1. The first-order valence-corrected chi connectivity index (χ1v) is 15.0. The Balaban J connectivity index is 1.27. The Hall–Kier alpha value is -5.61. The number of anilines is 1. The minimum absolute atomic E-state index is 0.252. The van der Waals surface area contributed by atoms with Gasteiger partial charge in [-0.15, -0.1) is 10.2 Å². The number of para-hydroxylation sites is 1. The highest BCUT2D eigenvalue weighted by Gasteiger charge is 2.13. The second kappa shape index (κ2) is 16.1. The SMILES string of the molecule is COc1ccccc1Cc1cc(-c2ccc(Cl)cc2)nnc1N/N=C/c1ccc(OCCOc2ccc(C=O)cc2OC)c(OC)c1. The maximum absolute atomic E-state index is 11.0. The summed E-state index contributed by atoms with van der Waals surface area (Å²) in [6, 6.07) is 27.7. The second-order valence-electron chi connectivity index (χ2n) is 10.1. The summed E-state index contributed by atoms with van der Waals surface area (Å²) in [5, 5.41) is 14.0. The highest BCUT2D eigenvalue weighted by atomic mass is 35.5. The Morgan fingerprint density at radius 2 is 1.34 bits per heavy atom. The summed E-state index contributed by atoms with van der Waals surface area (Å²) < 4.78 is 28.1. The van der Waals surface area contributed by atoms with E-state index in [1.807, 2.05) is 66.7 Å². The molecule has 1 heterocycles. The van der Waals surface area contributed by atoms with Crippen LogP contribution in [0.2, 0.25) is 5.02 Å². The number of ether oxygens (including phenoxy) is 5. The molecule has 240 valence electrons. The van der Waals surface area contributed by atoms with Crippen LogP contribution in [-0.4, -0.2) is 57.2 Å². The lowest BCUT2D eigenvalue weighted by Gasteiger charge is -2.13. The van der Waals surface area contributed by atoms with Gasteiger partial charge in [-0.1, -0.05) is 41.9 Å². The molecule has 0 radical (unpaired) electrons. The number of rotatable bonds is 15. The lowest BCUT2D eigenvalue weighted by atomic mass is 10.0. The van der Waals surface area contributed by atoms with Crippen molar-refractivity contribution >= 4 is 29.9 Å². The first-order valence-electron chi connectivity index (χ1n) is 14.6. The van der Waals surface area contributed by atoms with Gasteiger partial charge in [0.1, 0.15) is 25.2 Å². The van der Waals surface area contributed by atoms with Crippen LogP contribution in [0.5, 0.6) is 28.7 Å². The van der Waals surface area contributed by atoms with Crippen LogP contribution in [0.15, 0.2) is 96.1 Å². The topological polar surface area (TPSA) is 113 Å². The smallest absolute Gasteiger partial charge is 0.172 e. The van der Waals surface area contributed by atoms with E-state index in [-0.39, 0.29) is 13.2 Å². The summed E-state index contributed by atoms with van der Waals surface area (Å²) >= 11 is 6.09. The zero-order valence-corrected chi connectivity index (χ0v) is 26.9. The maximum atomic E-state index is 11.0. The fraction of sp³-hybridized carbons (Fsp3) is 0.167. The molecule has 1 N–H and O–H groups in total. The van der Waals surface area contributed by atoms with Crippen LogP contribution in [0.25, 0.3) is 11.3 Å². The van der Waals surface area contributed by atoms with Gasteiger partial charge in [0, 0.05) is 28.1 Å². The molecule has 0 amide bonds. The number of aromatic nitrogens is 2. The molecule has 0 aliphatic carbocycles. The van der Waals surface area contributed by atoms with E-state index in [2.05, 4.69) is 20.7 Å². The monoisotopic (exact) mass is 652 g/mol. The second-order valence-corrected chi connectivity index (χ2v) is 10.5. The lowest BCUT2D eigenvalue weighted by molar-refractivity contribution is 0.112. The normalized spacial score (nSPS) is 10.8. The highest BCUT2D eigenvalue weighted by molar-refractivity contribution is 6.30. The van der Waals surface area contributed by atoms with E-state index in [0.717, 1.165) is 34.3 Å². The van der Waals surface area contributed by atoms with Crippen molar-refractivity contribution in [3.63, 3.8) is 0 Å². The number of hydrogen-bond acceptors (Lipinski definition) is 10. The third kappa shape index (κ3) is 8.56. The van der Waals surface area contributed by atoms with Crippen molar-refractivity contribution in [3.05, 3.63) is 118 Å². The molecule has 5 aromatic rings. The predicted molar refractivity (Wildman–Crippen MR) is 182 cm³/mol. The van der Waals surface area contributed by atoms with Gasteiger partial charge in [0.2, 0.25) is 0 Å². The van der Waals surface area contributed by atoms with Crippen LogP contribution < -0.4 is 29.1 Å². The average Bonchev–Trinajstić information content (AvgIpc) is 3.11. The van der Waals surface area contributed by atoms with Crippen molar-refractivity contribution in [3.8, 4) is 40.0 Å². The van der Waals surface area contributed by atoms with Gasteiger partial charge in [0.15, 0.2) is 28.8 Å². The van der Waals surface area contributed by atoms with E-state index in [9.17, 15) is 4.79 Å². The number of hydrazone groups is 1. The van der Waals surface area contributed by atoms with Crippen LogP contribution in [0.3, 0.4) is 0 Å². The minimum atomic E-state index is 0.252. The molecule has 0 aliphatic heterocycles. The number of halogens is 1. The molecule has 0 atom stereocenters. The molecule has 0 unspecified atom stereocenters. The Morgan fingerprint density at radius 1 is 0.702 bits per heavy atom. The average molecular weight is 653 g/mol. The van der Waals surface area contributed by atoms with Crippen molar-refractivity contribution in [1.29, 1.82) is 0 Å². The van der Waals surface area contributed by atoms with Gasteiger partial charge >= 0.3 is 0 Å². The summed E-state index contributed by atoms with van der Waals surface area (Å²) in [6.07, 6.45) is 2.95. The molecule has 5 rings (SSSR count). The molecule has 1 aromatic heterocycles. The fourth-order valence-electron chi connectivity index (χ4n) is 4.71. The number of nitrogens with zero attached hydrogens (tertiary/aromatic N) is 3. The molecule has 0 fully saturated rings. The van der Waals surface area contributed by atoms with Crippen LogP contribution in [0.4, 0.5) is 5.82 Å². The van der Waals surface area contributed by atoms with Crippen molar-refractivity contribution < 1.29 is 28.5 Å². The Bertz CT molecular complexity index is 1850. The fourth-order valence-corrected chi connectivity index (χ4v) is 4.83. The molecule has 47 heavy (non-hydrogen) atoms. The third-order valence-electron chi connectivity index (χ3n) is 7.08. The number of carbonyl (C=O) groups is 1. The Kier molecular flexibility index (Phi) is 11.2. The molecule has 0 spiro atoms. The molecule has 0 saturated heterocycles. The number of methoxy groups -OCH3 is 3. The van der Waals surface area contributed by atoms with E-state index in [0.29, 0.717) is 51.5 Å². The highest BCUT2D eigenvalue weighted by Crippen LogP contribution is 2.30. The number of nitrogens with one attached hydrogen (secondary N) is 1. The molecule has 11 heteroatoms. The first-order chi connectivity index (χ1) is 23.0. The van der Waals surface area contributed by atoms with Gasteiger partial charge < -0.3 is 23.7 Å². The molecule has 0 saturated carbocycles. The summed E-state index contributed by atoms with van der Waals surface area (Å²) in [5.74, 6) is 3.36. The molecule has 0 bridgehead atoms. The molecular formula is C36H33ClN4O6. The van der Waals surface area contributed by atoms with E-state index in [4.69, 9.17) is 35.3 Å². The largest absolute Gasteiger partial charge is 0.496 e.